The third-order valence-electron chi connectivity index (χ3n) is 2.67. The number of oxazole rings is 1. The van der Waals surface area contributed by atoms with E-state index in [9.17, 15) is 4.79 Å². The number of carbonyl (C=O) groups is 1. The summed E-state index contributed by atoms with van der Waals surface area (Å²) in [5.74, 6) is 0.732. The Hall–Kier alpha value is -1.03. The normalized spacial score (nSPS) is 11.5. The number of aryl methyl sites for hydroxylation is 1. The van der Waals surface area contributed by atoms with Crippen molar-refractivity contribution in [2.75, 3.05) is 12.4 Å². The van der Waals surface area contributed by atoms with Crippen molar-refractivity contribution in [1.82, 2.24) is 10.3 Å². The highest BCUT2D eigenvalue weighted by Gasteiger charge is 2.20. The van der Waals surface area contributed by atoms with Crippen molar-refractivity contribution in [2.45, 2.75) is 33.6 Å². The van der Waals surface area contributed by atoms with Crippen LogP contribution in [0.1, 0.15) is 42.9 Å². The maximum atomic E-state index is 11.8. The lowest BCUT2D eigenvalue weighted by Crippen LogP contribution is -2.34. The van der Waals surface area contributed by atoms with Crippen molar-refractivity contribution in [3.63, 3.8) is 0 Å². The first-order chi connectivity index (χ1) is 7.96. The molecule has 17 heavy (non-hydrogen) atoms. The number of amides is 1. The second-order valence-electron chi connectivity index (χ2n) is 4.91. The highest BCUT2D eigenvalue weighted by atomic mass is 35.5. The highest BCUT2D eigenvalue weighted by Crippen LogP contribution is 2.21. The second kappa shape index (κ2) is 6.05. The van der Waals surface area contributed by atoms with Crippen molar-refractivity contribution >= 4 is 17.5 Å². The van der Waals surface area contributed by atoms with Gasteiger partial charge in [-0.2, -0.15) is 0 Å². The van der Waals surface area contributed by atoms with Gasteiger partial charge in [0.05, 0.1) is 5.69 Å². The lowest BCUT2D eigenvalue weighted by Gasteiger charge is -2.24. The van der Waals surface area contributed by atoms with Gasteiger partial charge in [-0.1, -0.05) is 13.8 Å². The number of carbonyl (C=O) groups excluding carboxylic acids is 1. The van der Waals surface area contributed by atoms with Crippen molar-refractivity contribution in [1.29, 1.82) is 0 Å². The molecule has 0 radical (unpaired) electrons. The van der Waals surface area contributed by atoms with Crippen LogP contribution in [-0.2, 0) is 0 Å². The number of nitrogens with one attached hydrogen (secondary N) is 1. The topological polar surface area (TPSA) is 55.1 Å². The molecule has 0 aliphatic heterocycles. The number of hydrogen-bond donors (Lipinski definition) is 1. The fraction of sp³-hybridized carbons (Fsp3) is 0.667. The van der Waals surface area contributed by atoms with Gasteiger partial charge in [0.1, 0.15) is 0 Å². The lowest BCUT2D eigenvalue weighted by atomic mass is 9.88. The quantitative estimate of drug-likeness (QED) is 0.799. The van der Waals surface area contributed by atoms with E-state index in [0.717, 1.165) is 12.8 Å². The number of halogens is 1. The molecule has 0 bridgehead atoms. The second-order valence-corrected chi connectivity index (χ2v) is 5.28. The summed E-state index contributed by atoms with van der Waals surface area (Å²) in [6, 6.07) is 0. The molecule has 1 amide bonds. The van der Waals surface area contributed by atoms with E-state index in [0.29, 0.717) is 18.1 Å². The number of rotatable bonds is 6. The summed E-state index contributed by atoms with van der Waals surface area (Å²) in [6.45, 7) is 6.56. The van der Waals surface area contributed by atoms with Gasteiger partial charge in [0.25, 0.3) is 5.91 Å². The monoisotopic (exact) mass is 258 g/mol. The average molecular weight is 259 g/mol. The van der Waals surface area contributed by atoms with Gasteiger partial charge in [-0.25, -0.2) is 4.98 Å². The Bertz CT molecular complexity index is 374. The molecule has 1 rings (SSSR count). The first kappa shape index (κ1) is 14.0. The summed E-state index contributed by atoms with van der Waals surface area (Å²) in [4.78, 5) is 15.7. The smallest absolute Gasteiger partial charge is 0.289 e. The molecule has 0 unspecified atom stereocenters. The average Bonchev–Trinajstić information content (AvgIpc) is 2.70. The molecule has 0 saturated carbocycles. The van der Waals surface area contributed by atoms with Crippen LogP contribution in [0.3, 0.4) is 0 Å². The van der Waals surface area contributed by atoms with Crippen LogP contribution in [0, 0.1) is 12.3 Å². The molecular weight excluding hydrogens is 240 g/mol. The predicted octanol–water partition coefficient (Wildman–Crippen LogP) is 2.76. The van der Waals surface area contributed by atoms with E-state index in [1.165, 1.54) is 6.39 Å². The van der Waals surface area contributed by atoms with Crippen LogP contribution in [-0.4, -0.2) is 23.3 Å². The highest BCUT2D eigenvalue weighted by molar-refractivity contribution is 6.17. The zero-order valence-corrected chi connectivity index (χ0v) is 11.3. The van der Waals surface area contributed by atoms with E-state index >= 15 is 0 Å². The maximum absolute atomic E-state index is 11.8. The minimum atomic E-state index is -0.209. The SMILES string of the molecule is Cc1ncoc1C(=O)NCC(C)(C)CCCCl. The van der Waals surface area contributed by atoms with Crippen LogP contribution in [0.5, 0.6) is 0 Å². The molecular formula is C12H19ClN2O2. The maximum Gasteiger partial charge on any atom is 0.289 e. The van der Waals surface area contributed by atoms with Gasteiger partial charge in [-0.3, -0.25) is 4.79 Å². The Balaban J connectivity index is 2.45. The molecule has 96 valence electrons. The van der Waals surface area contributed by atoms with Crippen molar-refractivity contribution < 1.29 is 9.21 Å². The van der Waals surface area contributed by atoms with Crippen LogP contribution >= 0.6 is 11.6 Å². The molecule has 4 nitrogen and oxygen atoms in total. The Kier molecular flexibility index (Phi) is 5.00. The summed E-state index contributed by atoms with van der Waals surface area (Å²) in [5.41, 5.74) is 0.652. The van der Waals surface area contributed by atoms with E-state index in [4.69, 9.17) is 16.0 Å². The van der Waals surface area contributed by atoms with E-state index < -0.39 is 0 Å². The van der Waals surface area contributed by atoms with Crippen LogP contribution in [0.25, 0.3) is 0 Å². The van der Waals surface area contributed by atoms with Crippen molar-refractivity contribution in [3.05, 3.63) is 17.8 Å². The fourth-order valence-corrected chi connectivity index (χ4v) is 1.69. The van der Waals surface area contributed by atoms with Crippen LogP contribution < -0.4 is 5.32 Å². The van der Waals surface area contributed by atoms with E-state index in [-0.39, 0.29) is 17.1 Å². The van der Waals surface area contributed by atoms with E-state index in [1.807, 2.05) is 0 Å². The Labute approximate surface area is 107 Å². The molecule has 0 spiro atoms. The fourth-order valence-electron chi connectivity index (χ4n) is 1.55. The molecule has 1 N–H and O–H groups in total. The van der Waals surface area contributed by atoms with Crippen molar-refractivity contribution in [2.24, 2.45) is 5.41 Å². The minimum absolute atomic E-state index is 0.0402. The van der Waals surface area contributed by atoms with Crippen molar-refractivity contribution in [3.8, 4) is 0 Å². The van der Waals surface area contributed by atoms with Gasteiger partial charge in [0.15, 0.2) is 6.39 Å². The first-order valence-electron chi connectivity index (χ1n) is 5.70. The zero-order chi connectivity index (χ0) is 12.9. The molecule has 0 aliphatic rings. The number of alkyl halides is 1. The lowest BCUT2D eigenvalue weighted by molar-refractivity contribution is 0.0906. The van der Waals surface area contributed by atoms with Crippen LogP contribution in [0.15, 0.2) is 10.8 Å². The molecule has 0 aromatic carbocycles. The largest absolute Gasteiger partial charge is 0.438 e. The van der Waals surface area contributed by atoms with Gasteiger partial charge < -0.3 is 9.73 Å². The van der Waals surface area contributed by atoms with E-state index in [2.05, 4.69) is 24.1 Å². The number of nitrogens with zero attached hydrogens (tertiary/aromatic N) is 1. The van der Waals surface area contributed by atoms with Gasteiger partial charge in [-0.05, 0) is 25.2 Å². The summed E-state index contributed by atoms with van der Waals surface area (Å²) >= 11 is 5.66. The standard InChI is InChI=1S/C12H19ClN2O2/c1-9-10(17-8-15-9)11(16)14-7-12(2,3)5-4-6-13/h8H,4-7H2,1-3H3,(H,14,16). The summed E-state index contributed by atoms with van der Waals surface area (Å²) in [6.07, 6.45) is 3.21. The Morgan fingerprint density at radius 3 is 2.82 bits per heavy atom. The van der Waals surface area contributed by atoms with Crippen LogP contribution in [0.2, 0.25) is 0 Å². The molecule has 1 heterocycles. The summed E-state index contributed by atoms with van der Waals surface area (Å²) in [7, 11) is 0. The van der Waals surface area contributed by atoms with E-state index in [1.54, 1.807) is 6.92 Å². The van der Waals surface area contributed by atoms with Gasteiger partial charge in [0.2, 0.25) is 5.76 Å². The summed E-state index contributed by atoms with van der Waals surface area (Å²) in [5, 5.41) is 2.86. The molecule has 0 atom stereocenters. The molecule has 0 aliphatic carbocycles. The minimum Gasteiger partial charge on any atom is -0.438 e. The summed E-state index contributed by atoms with van der Waals surface area (Å²) < 4.78 is 5.03. The Morgan fingerprint density at radius 2 is 2.29 bits per heavy atom. The predicted molar refractivity (Wildman–Crippen MR) is 67.3 cm³/mol. The zero-order valence-electron chi connectivity index (χ0n) is 10.5. The van der Waals surface area contributed by atoms with Gasteiger partial charge >= 0.3 is 0 Å². The molecule has 5 heteroatoms. The molecule has 0 fully saturated rings. The molecule has 0 saturated heterocycles. The molecule has 1 aromatic heterocycles. The number of aromatic nitrogens is 1. The number of hydrogen-bond acceptors (Lipinski definition) is 3. The first-order valence-corrected chi connectivity index (χ1v) is 6.24. The third kappa shape index (κ3) is 4.38. The van der Waals surface area contributed by atoms with Gasteiger partial charge in [0, 0.05) is 12.4 Å². The molecule has 1 aromatic rings. The Morgan fingerprint density at radius 1 is 1.59 bits per heavy atom. The van der Waals surface area contributed by atoms with Gasteiger partial charge in [-0.15, -0.1) is 11.6 Å². The third-order valence-corrected chi connectivity index (χ3v) is 2.93. The van der Waals surface area contributed by atoms with Crippen LogP contribution in [0.4, 0.5) is 0 Å².